The van der Waals surface area contributed by atoms with Gasteiger partial charge in [-0.05, 0) is 21.5 Å². The van der Waals surface area contributed by atoms with Crippen molar-refractivity contribution in [1.29, 1.82) is 0 Å². The van der Waals surface area contributed by atoms with Crippen LogP contribution in [0.2, 0.25) is 0 Å². The molecule has 0 saturated carbocycles. The zero-order valence-electron chi connectivity index (χ0n) is 10.9. The number of rotatable bonds is 0. The molecule has 3 aromatic carbocycles. The van der Waals surface area contributed by atoms with Gasteiger partial charge >= 0.3 is 0 Å². The fourth-order valence-electron chi connectivity index (χ4n) is 3.01. The minimum absolute atomic E-state index is 0.216. The number of imide groups is 1. The third kappa shape index (κ3) is 1.19. The van der Waals surface area contributed by atoms with E-state index in [1.807, 2.05) is 48.5 Å². The van der Waals surface area contributed by atoms with Crippen LogP contribution in [-0.4, -0.2) is 23.8 Å². The topological polar surface area (TPSA) is 37.4 Å². The van der Waals surface area contributed by atoms with Crippen molar-refractivity contribution in [3.63, 3.8) is 0 Å². The normalized spacial score (nSPS) is 14.3. The van der Waals surface area contributed by atoms with Crippen LogP contribution in [-0.2, 0) is 0 Å². The first-order chi connectivity index (χ1) is 9.70. The Morgan fingerprint density at radius 3 is 1.40 bits per heavy atom. The molecule has 3 heteroatoms. The molecule has 0 fully saturated rings. The van der Waals surface area contributed by atoms with Gasteiger partial charge in [0.1, 0.15) is 0 Å². The molecular formula is C17H11NO2. The van der Waals surface area contributed by atoms with Gasteiger partial charge in [0.15, 0.2) is 0 Å². The minimum atomic E-state index is -0.216. The van der Waals surface area contributed by atoms with Gasteiger partial charge in [-0.3, -0.25) is 14.5 Å². The summed E-state index contributed by atoms with van der Waals surface area (Å²) < 4.78 is 0. The van der Waals surface area contributed by atoms with E-state index in [1.54, 1.807) is 0 Å². The molecule has 1 heterocycles. The van der Waals surface area contributed by atoms with E-state index in [-0.39, 0.29) is 11.8 Å². The van der Waals surface area contributed by atoms with E-state index in [1.165, 1.54) is 11.9 Å². The molecule has 20 heavy (non-hydrogen) atoms. The van der Waals surface area contributed by atoms with Crippen molar-refractivity contribution in [2.24, 2.45) is 0 Å². The van der Waals surface area contributed by atoms with Crippen molar-refractivity contribution in [2.75, 3.05) is 7.05 Å². The van der Waals surface area contributed by atoms with Gasteiger partial charge < -0.3 is 0 Å². The Balaban J connectivity index is 2.35. The van der Waals surface area contributed by atoms with Gasteiger partial charge in [-0.1, -0.05) is 48.5 Å². The predicted molar refractivity (Wildman–Crippen MR) is 77.9 cm³/mol. The van der Waals surface area contributed by atoms with Gasteiger partial charge in [0.25, 0.3) is 11.8 Å². The summed E-state index contributed by atoms with van der Waals surface area (Å²) in [4.78, 5) is 25.9. The van der Waals surface area contributed by atoms with Gasteiger partial charge in [-0.2, -0.15) is 0 Å². The molecule has 4 rings (SSSR count). The maximum atomic E-state index is 12.4. The van der Waals surface area contributed by atoms with Gasteiger partial charge in [0.05, 0.1) is 11.1 Å². The molecule has 0 saturated heterocycles. The van der Waals surface area contributed by atoms with Crippen LogP contribution in [0.3, 0.4) is 0 Å². The third-order valence-electron chi connectivity index (χ3n) is 3.97. The molecule has 0 bridgehead atoms. The average Bonchev–Trinajstić information content (AvgIpc) is 2.73. The van der Waals surface area contributed by atoms with Gasteiger partial charge in [-0.15, -0.1) is 0 Å². The summed E-state index contributed by atoms with van der Waals surface area (Å²) >= 11 is 0. The lowest BCUT2D eigenvalue weighted by molar-refractivity contribution is 0.0694. The highest BCUT2D eigenvalue weighted by Gasteiger charge is 2.36. The number of carbonyl (C=O) groups excluding carboxylic acids is 2. The second-order valence-corrected chi connectivity index (χ2v) is 5.01. The number of benzene rings is 3. The number of amides is 2. The van der Waals surface area contributed by atoms with E-state index in [0.717, 1.165) is 21.5 Å². The van der Waals surface area contributed by atoms with Crippen molar-refractivity contribution in [2.45, 2.75) is 0 Å². The average molecular weight is 261 g/mol. The van der Waals surface area contributed by atoms with Gasteiger partial charge in [0, 0.05) is 7.05 Å². The van der Waals surface area contributed by atoms with Crippen LogP contribution in [0.1, 0.15) is 20.7 Å². The lowest BCUT2D eigenvalue weighted by Gasteiger charge is -2.08. The molecule has 0 aromatic heterocycles. The summed E-state index contributed by atoms with van der Waals surface area (Å²) in [6, 6.07) is 15.5. The largest absolute Gasteiger partial charge is 0.277 e. The van der Waals surface area contributed by atoms with Crippen LogP contribution in [0.4, 0.5) is 0 Å². The van der Waals surface area contributed by atoms with Crippen LogP contribution in [0.5, 0.6) is 0 Å². The molecule has 1 aliphatic heterocycles. The number of hydrogen-bond acceptors (Lipinski definition) is 2. The van der Waals surface area contributed by atoms with Crippen LogP contribution in [0.15, 0.2) is 48.5 Å². The highest BCUT2D eigenvalue weighted by atomic mass is 16.2. The number of nitrogens with zero attached hydrogens (tertiary/aromatic N) is 1. The van der Waals surface area contributed by atoms with Gasteiger partial charge in [0.2, 0.25) is 0 Å². The second-order valence-electron chi connectivity index (χ2n) is 5.01. The maximum Gasteiger partial charge on any atom is 0.261 e. The van der Waals surface area contributed by atoms with Crippen LogP contribution in [0.25, 0.3) is 21.5 Å². The van der Waals surface area contributed by atoms with Crippen molar-refractivity contribution in [1.82, 2.24) is 4.90 Å². The zero-order valence-corrected chi connectivity index (χ0v) is 10.9. The standard InChI is InChI=1S/C17H11NO2/c1-18-16(19)14-12-8-4-2-6-10(12)11-7-3-5-9-13(11)15(14)17(18)20/h2-9H,1H3. The summed E-state index contributed by atoms with van der Waals surface area (Å²) in [7, 11) is 1.54. The van der Waals surface area contributed by atoms with Gasteiger partial charge in [-0.25, -0.2) is 0 Å². The summed E-state index contributed by atoms with van der Waals surface area (Å²) in [5.41, 5.74) is 1.07. The molecule has 0 aliphatic carbocycles. The van der Waals surface area contributed by atoms with E-state index in [0.29, 0.717) is 11.1 Å². The molecule has 0 radical (unpaired) electrons. The molecule has 0 N–H and O–H groups in total. The highest BCUT2D eigenvalue weighted by molar-refractivity contribution is 6.33. The molecule has 3 aromatic rings. The van der Waals surface area contributed by atoms with Crippen molar-refractivity contribution < 1.29 is 9.59 Å². The fourth-order valence-corrected chi connectivity index (χ4v) is 3.01. The first-order valence-corrected chi connectivity index (χ1v) is 6.46. The number of fused-ring (bicyclic) bond motifs is 6. The monoisotopic (exact) mass is 261 g/mol. The Hall–Kier alpha value is -2.68. The quantitative estimate of drug-likeness (QED) is 0.460. The van der Waals surface area contributed by atoms with Crippen molar-refractivity contribution in [3.8, 4) is 0 Å². The first kappa shape index (κ1) is 11.2. The molecule has 2 amide bonds. The van der Waals surface area contributed by atoms with Crippen LogP contribution in [0, 0.1) is 0 Å². The Morgan fingerprint density at radius 1 is 0.650 bits per heavy atom. The maximum absolute atomic E-state index is 12.4. The molecule has 0 spiro atoms. The summed E-state index contributed by atoms with van der Waals surface area (Å²) in [6.07, 6.45) is 0. The molecule has 0 atom stereocenters. The summed E-state index contributed by atoms with van der Waals surface area (Å²) in [5.74, 6) is -0.432. The Kier molecular flexibility index (Phi) is 2.05. The predicted octanol–water partition coefficient (Wildman–Crippen LogP) is 3.22. The third-order valence-corrected chi connectivity index (χ3v) is 3.97. The van der Waals surface area contributed by atoms with E-state index < -0.39 is 0 Å². The smallest absolute Gasteiger partial charge is 0.261 e. The highest BCUT2D eigenvalue weighted by Crippen LogP contribution is 2.37. The molecular weight excluding hydrogens is 250 g/mol. The first-order valence-electron chi connectivity index (χ1n) is 6.46. The van der Waals surface area contributed by atoms with Crippen LogP contribution < -0.4 is 0 Å². The minimum Gasteiger partial charge on any atom is -0.277 e. The van der Waals surface area contributed by atoms with Crippen LogP contribution >= 0.6 is 0 Å². The number of hydrogen-bond donors (Lipinski definition) is 0. The molecule has 3 nitrogen and oxygen atoms in total. The van der Waals surface area contributed by atoms with E-state index >= 15 is 0 Å². The SMILES string of the molecule is CN1C(=O)c2c(c3ccccc3c3ccccc23)C1=O. The second kappa shape index (κ2) is 3.67. The molecule has 96 valence electrons. The lowest BCUT2D eigenvalue weighted by atomic mass is 9.93. The fraction of sp³-hybridized carbons (Fsp3) is 0.0588. The Labute approximate surface area is 115 Å². The zero-order chi connectivity index (χ0) is 13.9. The van der Waals surface area contributed by atoms with E-state index in [4.69, 9.17) is 0 Å². The van der Waals surface area contributed by atoms with E-state index in [2.05, 4.69) is 0 Å². The van der Waals surface area contributed by atoms with Crippen molar-refractivity contribution in [3.05, 3.63) is 59.7 Å². The summed E-state index contributed by atoms with van der Waals surface area (Å²) in [6.45, 7) is 0. The Bertz CT molecular complexity index is 837. The lowest BCUT2D eigenvalue weighted by Crippen LogP contribution is -2.24. The molecule has 0 unspecified atom stereocenters. The van der Waals surface area contributed by atoms with Crippen molar-refractivity contribution >= 4 is 33.4 Å². The summed E-state index contributed by atoms with van der Waals surface area (Å²) in [5, 5.41) is 3.73. The Morgan fingerprint density at radius 2 is 1.00 bits per heavy atom. The van der Waals surface area contributed by atoms with E-state index in [9.17, 15) is 9.59 Å². The molecule has 1 aliphatic rings. The number of carbonyl (C=O) groups is 2.